The predicted molar refractivity (Wildman–Crippen MR) is 114 cm³/mol. The Labute approximate surface area is 175 Å². The fraction of sp³-hybridized carbons (Fsp3) is 0.571. The van der Waals surface area contributed by atoms with Gasteiger partial charge in [-0.25, -0.2) is 4.98 Å². The van der Waals surface area contributed by atoms with Crippen LogP contribution in [0.1, 0.15) is 56.3 Å². The van der Waals surface area contributed by atoms with Crippen molar-refractivity contribution in [3.8, 4) is 0 Å². The van der Waals surface area contributed by atoms with E-state index < -0.39 is 0 Å². The van der Waals surface area contributed by atoms with Gasteiger partial charge in [-0.2, -0.15) is 4.37 Å². The van der Waals surface area contributed by atoms with Crippen LogP contribution < -0.4 is 10.2 Å². The lowest BCUT2D eigenvalue weighted by Gasteiger charge is -2.33. The zero-order chi connectivity index (χ0) is 19.3. The third-order valence-electron chi connectivity index (χ3n) is 5.75. The summed E-state index contributed by atoms with van der Waals surface area (Å²) in [5.74, 6) is 1.11. The number of halogens is 1. The van der Waals surface area contributed by atoms with Gasteiger partial charge in [0.2, 0.25) is 11.0 Å². The monoisotopic (exact) mass is 418 g/mol. The lowest BCUT2D eigenvalue weighted by molar-refractivity contribution is -0.126. The molecule has 7 heteroatoms. The molecule has 0 radical (unpaired) electrons. The van der Waals surface area contributed by atoms with Gasteiger partial charge in [0.15, 0.2) is 0 Å². The van der Waals surface area contributed by atoms with Gasteiger partial charge in [0, 0.05) is 42.1 Å². The summed E-state index contributed by atoms with van der Waals surface area (Å²) in [7, 11) is 0. The number of hydrogen-bond acceptors (Lipinski definition) is 5. The third-order valence-corrected chi connectivity index (χ3v) is 6.81. The van der Waals surface area contributed by atoms with Gasteiger partial charge < -0.3 is 10.2 Å². The van der Waals surface area contributed by atoms with Crippen molar-refractivity contribution in [3.05, 3.63) is 40.7 Å². The number of aromatic nitrogens is 2. The quantitative estimate of drug-likeness (QED) is 0.779. The summed E-state index contributed by atoms with van der Waals surface area (Å²) in [4.78, 5) is 19.7. The number of carbonyl (C=O) groups is 1. The minimum absolute atomic E-state index is 0.0549. The normalized spacial score (nSPS) is 20.9. The van der Waals surface area contributed by atoms with Gasteiger partial charge in [-0.3, -0.25) is 4.79 Å². The number of carbonyl (C=O) groups excluding carboxylic acids is 1. The highest BCUT2D eigenvalue weighted by atomic mass is 35.5. The highest BCUT2D eigenvalue weighted by Crippen LogP contribution is 2.26. The average molecular weight is 419 g/mol. The maximum atomic E-state index is 12.7. The second-order valence-electron chi connectivity index (χ2n) is 7.93. The highest BCUT2D eigenvalue weighted by molar-refractivity contribution is 7.09. The second kappa shape index (κ2) is 9.23. The largest absolute Gasteiger partial charge is 0.353 e. The lowest BCUT2D eigenvalue weighted by atomic mass is 9.93. The van der Waals surface area contributed by atoms with Crippen molar-refractivity contribution >= 4 is 34.2 Å². The standard InChI is InChI=1S/C21H27ClN4OS/c22-17-10-8-15(9-11-17)13-19-24-21(28-25-19)26-12-4-5-16(14-26)20(27)23-18-6-2-1-3-7-18/h8-11,16,18H,1-7,12-14H2,(H,23,27)/t16-/m0/s1. The van der Waals surface area contributed by atoms with Crippen LogP contribution in [-0.2, 0) is 11.2 Å². The first kappa shape index (κ1) is 19.6. The van der Waals surface area contributed by atoms with Gasteiger partial charge in [0.05, 0.1) is 5.92 Å². The van der Waals surface area contributed by atoms with Gasteiger partial charge in [-0.05, 0) is 43.4 Å². The Hall–Kier alpha value is -1.66. The second-order valence-corrected chi connectivity index (χ2v) is 9.09. The summed E-state index contributed by atoms with van der Waals surface area (Å²) in [6.07, 6.45) is 8.73. The smallest absolute Gasteiger partial charge is 0.225 e. The van der Waals surface area contributed by atoms with Crippen molar-refractivity contribution in [1.29, 1.82) is 0 Å². The zero-order valence-corrected chi connectivity index (χ0v) is 17.6. The first-order valence-corrected chi connectivity index (χ1v) is 11.4. The van der Waals surface area contributed by atoms with Crippen LogP contribution in [0.25, 0.3) is 0 Å². The Morgan fingerprint density at radius 2 is 1.93 bits per heavy atom. The summed E-state index contributed by atoms with van der Waals surface area (Å²) in [6, 6.07) is 8.18. The maximum absolute atomic E-state index is 12.7. The Kier molecular flexibility index (Phi) is 6.47. The summed E-state index contributed by atoms with van der Waals surface area (Å²) in [5, 5.41) is 4.96. The number of amides is 1. The van der Waals surface area contributed by atoms with E-state index in [0.29, 0.717) is 12.5 Å². The molecule has 0 bridgehead atoms. The predicted octanol–water partition coefficient (Wildman–Crippen LogP) is 4.45. The first-order chi connectivity index (χ1) is 13.7. The lowest BCUT2D eigenvalue weighted by Crippen LogP contribution is -2.46. The van der Waals surface area contributed by atoms with Crippen molar-refractivity contribution < 1.29 is 4.79 Å². The molecule has 28 heavy (non-hydrogen) atoms. The van der Waals surface area contributed by atoms with E-state index in [-0.39, 0.29) is 11.8 Å². The summed E-state index contributed by atoms with van der Waals surface area (Å²) < 4.78 is 4.53. The fourth-order valence-corrected chi connectivity index (χ4v) is 5.01. The number of nitrogens with one attached hydrogen (secondary N) is 1. The number of benzene rings is 1. The SMILES string of the molecule is O=C(NC1CCCCC1)[C@H]1CCCN(c2nc(Cc3ccc(Cl)cc3)ns2)C1. The molecular weight excluding hydrogens is 392 g/mol. The average Bonchev–Trinajstić information content (AvgIpc) is 3.19. The van der Waals surface area contributed by atoms with Crippen molar-refractivity contribution in [3.63, 3.8) is 0 Å². The first-order valence-electron chi connectivity index (χ1n) is 10.3. The van der Waals surface area contributed by atoms with E-state index >= 15 is 0 Å². The van der Waals surface area contributed by atoms with Crippen LogP contribution in [0.2, 0.25) is 5.02 Å². The molecule has 4 rings (SSSR count). The van der Waals surface area contributed by atoms with E-state index in [1.54, 1.807) is 0 Å². The summed E-state index contributed by atoms with van der Waals surface area (Å²) in [5.41, 5.74) is 1.15. The molecule has 1 amide bonds. The van der Waals surface area contributed by atoms with Gasteiger partial charge in [-0.15, -0.1) is 0 Å². The molecule has 5 nitrogen and oxygen atoms in total. The molecule has 0 spiro atoms. The number of anilines is 1. The van der Waals surface area contributed by atoms with Crippen molar-refractivity contribution in [2.75, 3.05) is 18.0 Å². The van der Waals surface area contributed by atoms with Gasteiger partial charge in [-0.1, -0.05) is 43.0 Å². The topological polar surface area (TPSA) is 58.1 Å². The Morgan fingerprint density at radius 3 is 2.71 bits per heavy atom. The van der Waals surface area contributed by atoms with Gasteiger partial charge >= 0.3 is 0 Å². The van der Waals surface area contributed by atoms with Crippen LogP contribution in [0.15, 0.2) is 24.3 Å². The number of hydrogen-bond donors (Lipinski definition) is 1. The number of nitrogens with zero attached hydrogens (tertiary/aromatic N) is 3. The fourth-order valence-electron chi connectivity index (χ4n) is 4.16. The molecule has 1 aromatic heterocycles. The van der Waals surface area contributed by atoms with E-state index in [1.165, 1.54) is 30.8 Å². The molecule has 2 heterocycles. The van der Waals surface area contributed by atoms with Crippen LogP contribution >= 0.6 is 23.1 Å². The summed E-state index contributed by atoms with van der Waals surface area (Å²) in [6.45, 7) is 1.69. The van der Waals surface area contributed by atoms with Crippen molar-refractivity contribution in [2.24, 2.45) is 5.92 Å². The van der Waals surface area contributed by atoms with Crippen LogP contribution in [0.3, 0.4) is 0 Å². The molecule has 2 fully saturated rings. The van der Waals surface area contributed by atoms with E-state index in [0.717, 1.165) is 60.3 Å². The molecular formula is C21H27ClN4OS. The van der Waals surface area contributed by atoms with Gasteiger partial charge in [0.1, 0.15) is 5.82 Å². The molecule has 1 saturated heterocycles. The molecule has 1 aliphatic carbocycles. The summed E-state index contributed by atoms with van der Waals surface area (Å²) >= 11 is 7.39. The number of rotatable bonds is 5. The van der Waals surface area contributed by atoms with Crippen LogP contribution in [0.4, 0.5) is 5.13 Å². The van der Waals surface area contributed by atoms with E-state index in [9.17, 15) is 4.79 Å². The molecule has 2 aromatic rings. The Morgan fingerprint density at radius 1 is 1.14 bits per heavy atom. The molecule has 1 aromatic carbocycles. The van der Waals surface area contributed by atoms with Crippen molar-refractivity contribution in [2.45, 2.75) is 57.4 Å². The zero-order valence-electron chi connectivity index (χ0n) is 16.1. The molecule has 1 aliphatic heterocycles. The Balaban J connectivity index is 1.34. The Bertz CT molecular complexity index is 788. The van der Waals surface area contributed by atoms with Crippen LogP contribution in [0.5, 0.6) is 0 Å². The van der Waals surface area contributed by atoms with Crippen LogP contribution in [0, 0.1) is 5.92 Å². The minimum Gasteiger partial charge on any atom is -0.353 e. The minimum atomic E-state index is 0.0549. The van der Waals surface area contributed by atoms with Crippen LogP contribution in [-0.4, -0.2) is 34.4 Å². The maximum Gasteiger partial charge on any atom is 0.225 e. The molecule has 150 valence electrons. The van der Waals surface area contributed by atoms with Crippen molar-refractivity contribution in [1.82, 2.24) is 14.7 Å². The van der Waals surface area contributed by atoms with E-state index in [2.05, 4.69) is 14.6 Å². The van der Waals surface area contributed by atoms with E-state index in [4.69, 9.17) is 16.6 Å². The molecule has 1 N–H and O–H groups in total. The molecule has 2 aliphatic rings. The third kappa shape index (κ3) is 5.03. The molecule has 0 unspecified atom stereocenters. The molecule has 1 saturated carbocycles. The molecule has 1 atom stereocenters. The number of piperidine rings is 1. The van der Waals surface area contributed by atoms with Gasteiger partial charge in [0.25, 0.3) is 0 Å². The van der Waals surface area contributed by atoms with E-state index in [1.807, 2.05) is 24.3 Å². The highest BCUT2D eigenvalue weighted by Gasteiger charge is 2.29.